The number of hydrogen-bond donors (Lipinski definition) is 1. The molecule has 0 unspecified atom stereocenters. The number of halogens is 1. The summed E-state index contributed by atoms with van der Waals surface area (Å²) in [5.41, 5.74) is 0.559. The summed E-state index contributed by atoms with van der Waals surface area (Å²) in [5, 5.41) is 2.63. The lowest BCUT2D eigenvalue weighted by Gasteiger charge is -2.38. The van der Waals surface area contributed by atoms with Crippen molar-refractivity contribution in [1.29, 1.82) is 0 Å². The molecule has 138 valence electrons. The summed E-state index contributed by atoms with van der Waals surface area (Å²) < 4.78 is 30.6. The number of nitrogens with zero attached hydrogens (tertiary/aromatic N) is 1. The highest BCUT2D eigenvalue weighted by atomic mass is 35.5. The number of ether oxygens (including phenoxy) is 1. The molecule has 2 aromatic rings. The Labute approximate surface area is 157 Å². The second-order valence-electron chi connectivity index (χ2n) is 5.89. The first-order valence-corrected chi connectivity index (χ1v) is 10.1. The van der Waals surface area contributed by atoms with Gasteiger partial charge in [0.05, 0.1) is 17.2 Å². The van der Waals surface area contributed by atoms with E-state index >= 15 is 0 Å². The normalized spacial score (nSPS) is 14.6. The molecule has 2 aromatic carbocycles. The summed E-state index contributed by atoms with van der Waals surface area (Å²) in [7, 11) is -3.48. The highest BCUT2D eigenvalue weighted by Gasteiger charge is 2.40. The smallest absolute Gasteiger partial charge is 0.322 e. The van der Waals surface area contributed by atoms with Crippen LogP contribution < -0.4 is 10.1 Å². The molecule has 1 aliphatic rings. The maximum atomic E-state index is 12.6. The maximum Gasteiger partial charge on any atom is 0.322 e. The monoisotopic (exact) mass is 394 g/mol. The lowest BCUT2D eigenvalue weighted by Crippen LogP contribution is -2.58. The van der Waals surface area contributed by atoms with Crippen molar-refractivity contribution in [2.24, 2.45) is 0 Å². The van der Waals surface area contributed by atoms with Crippen molar-refractivity contribution in [3.8, 4) is 5.75 Å². The molecule has 26 heavy (non-hydrogen) atoms. The lowest BCUT2D eigenvalue weighted by molar-refractivity contribution is 0.182. The molecule has 8 heteroatoms. The van der Waals surface area contributed by atoms with Gasteiger partial charge in [0.25, 0.3) is 0 Å². The zero-order chi connectivity index (χ0) is 18.7. The SMILES string of the molecule is CCOc1ccccc1NC(=O)N1CC(S(=O)(=O)c2ccc(Cl)cc2)C1. The van der Waals surface area contributed by atoms with E-state index in [9.17, 15) is 13.2 Å². The summed E-state index contributed by atoms with van der Waals surface area (Å²) in [5.74, 6) is 0.578. The topological polar surface area (TPSA) is 75.7 Å². The Morgan fingerprint density at radius 3 is 2.50 bits per heavy atom. The van der Waals surface area contributed by atoms with E-state index in [1.54, 1.807) is 30.3 Å². The van der Waals surface area contributed by atoms with Crippen LogP contribution in [0.25, 0.3) is 0 Å². The number of anilines is 1. The molecular formula is C18H19ClN2O4S. The van der Waals surface area contributed by atoms with Gasteiger partial charge in [-0.05, 0) is 43.3 Å². The molecule has 1 saturated heterocycles. The van der Waals surface area contributed by atoms with Crippen molar-refractivity contribution in [2.75, 3.05) is 25.0 Å². The first kappa shape index (κ1) is 18.5. The van der Waals surface area contributed by atoms with E-state index in [0.29, 0.717) is 23.1 Å². The standard InChI is InChI=1S/C18H19ClN2O4S/c1-2-25-17-6-4-3-5-16(17)20-18(22)21-11-15(12-21)26(23,24)14-9-7-13(19)8-10-14/h3-10,15H,2,11-12H2,1H3,(H,20,22). The van der Waals surface area contributed by atoms with Crippen LogP contribution in [0.5, 0.6) is 5.75 Å². The summed E-state index contributed by atoms with van der Waals surface area (Å²) in [4.78, 5) is 14.0. The lowest BCUT2D eigenvalue weighted by atomic mass is 10.2. The summed E-state index contributed by atoms with van der Waals surface area (Å²) in [6, 6.07) is 12.8. The van der Waals surface area contributed by atoms with Crippen molar-refractivity contribution in [3.05, 3.63) is 53.6 Å². The second kappa shape index (κ2) is 7.55. The fraction of sp³-hybridized carbons (Fsp3) is 0.278. The minimum Gasteiger partial charge on any atom is -0.492 e. The fourth-order valence-corrected chi connectivity index (χ4v) is 4.44. The Hall–Kier alpha value is -2.25. The van der Waals surface area contributed by atoms with E-state index in [-0.39, 0.29) is 24.0 Å². The number of carbonyl (C=O) groups excluding carboxylic acids is 1. The summed E-state index contributed by atoms with van der Waals surface area (Å²) in [6.07, 6.45) is 0. The van der Waals surface area contributed by atoms with Crippen molar-refractivity contribution in [2.45, 2.75) is 17.1 Å². The Balaban J connectivity index is 1.63. The van der Waals surface area contributed by atoms with Gasteiger partial charge in [0.1, 0.15) is 11.0 Å². The highest BCUT2D eigenvalue weighted by Crippen LogP contribution is 2.27. The van der Waals surface area contributed by atoms with Crippen molar-refractivity contribution >= 4 is 33.2 Å². The van der Waals surface area contributed by atoms with Gasteiger partial charge in [-0.1, -0.05) is 23.7 Å². The number of likely N-dealkylation sites (tertiary alicyclic amines) is 1. The van der Waals surface area contributed by atoms with Gasteiger partial charge in [-0.15, -0.1) is 0 Å². The van der Waals surface area contributed by atoms with Gasteiger partial charge in [-0.2, -0.15) is 0 Å². The average Bonchev–Trinajstić information content (AvgIpc) is 2.55. The van der Waals surface area contributed by atoms with Crippen LogP contribution in [0, 0.1) is 0 Å². The quantitative estimate of drug-likeness (QED) is 0.842. The van der Waals surface area contributed by atoms with E-state index in [1.807, 2.05) is 13.0 Å². The third-order valence-corrected chi connectivity index (χ3v) is 6.50. The average molecular weight is 395 g/mol. The minimum atomic E-state index is -3.48. The molecule has 0 aliphatic carbocycles. The Kier molecular flexibility index (Phi) is 5.38. The highest BCUT2D eigenvalue weighted by molar-refractivity contribution is 7.92. The van der Waals surface area contributed by atoms with E-state index in [1.165, 1.54) is 17.0 Å². The van der Waals surface area contributed by atoms with Gasteiger partial charge >= 0.3 is 6.03 Å². The van der Waals surface area contributed by atoms with Gasteiger partial charge in [-0.3, -0.25) is 0 Å². The van der Waals surface area contributed by atoms with E-state index in [0.717, 1.165) is 0 Å². The number of sulfone groups is 1. The summed E-state index contributed by atoms with van der Waals surface area (Å²) >= 11 is 5.80. The Morgan fingerprint density at radius 1 is 1.19 bits per heavy atom. The number of para-hydroxylation sites is 2. The number of nitrogens with one attached hydrogen (secondary N) is 1. The van der Waals surface area contributed by atoms with Gasteiger partial charge in [0, 0.05) is 18.1 Å². The molecule has 0 atom stereocenters. The number of hydrogen-bond acceptors (Lipinski definition) is 4. The maximum absolute atomic E-state index is 12.6. The number of benzene rings is 2. The molecule has 2 amide bonds. The number of rotatable bonds is 5. The fourth-order valence-electron chi connectivity index (χ4n) is 2.66. The van der Waals surface area contributed by atoms with Crippen LogP contribution in [0.1, 0.15) is 6.92 Å². The van der Waals surface area contributed by atoms with Gasteiger partial charge in [0.2, 0.25) is 0 Å². The van der Waals surface area contributed by atoms with E-state index in [2.05, 4.69) is 5.32 Å². The summed E-state index contributed by atoms with van der Waals surface area (Å²) in [6.45, 7) is 2.64. The van der Waals surface area contributed by atoms with Crippen molar-refractivity contribution < 1.29 is 17.9 Å². The molecular weight excluding hydrogens is 376 g/mol. The zero-order valence-electron chi connectivity index (χ0n) is 14.2. The zero-order valence-corrected chi connectivity index (χ0v) is 15.8. The van der Waals surface area contributed by atoms with E-state index in [4.69, 9.17) is 16.3 Å². The molecule has 1 fully saturated rings. The van der Waals surface area contributed by atoms with Gasteiger partial charge < -0.3 is 15.0 Å². The van der Waals surface area contributed by atoms with Crippen LogP contribution in [0.3, 0.4) is 0 Å². The van der Waals surface area contributed by atoms with Crippen LogP contribution in [0.15, 0.2) is 53.4 Å². The molecule has 0 aromatic heterocycles. The molecule has 0 saturated carbocycles. The second-order valence-corrected chi connectivity index (χ2v) is 8.55. The third kappa shape index (κ3) is 3.78. The molecule has 3 rings (SSSR count). The van der Waals surface area contributed by atoms with E-state index < -0.39 is 15.1 Å². The number of amides is 2. The molecule has 0 radical (unpaired) electrons. The predicted molar refractivity (Wildman–Crippen MR) is 101 cm³/mol. The van der Waals surface area contributed by atoms with Crippen LogP contribution in [0.4, 0.5) is 10.5 Å². The molecule has 1 aliphatic heterocycles. The minimum absolute atomic E-state index is 0.146. The molecule has 1 heterocycles. The number of carbonyl (C=O) groups is 1. The van der Waals surface area contributed by atoms with Crippen LogP contribution in [0.2, 0.25) is 5.02 Å². The van der Waals surface area contributed by atoms with Crippen LogP contribution in [-0.4, -0.2) is 44.3 Å². The molecule has 6 nitrogen and oxygen atoms in total. The largest absolute Gasteiger partial charge is 0.492 e. The molecule has 0 bridgehead atoms. The van der Waals surface area contributed by atoms with Crippen molar-refractivity contribution in [3.63, 3.8) is 0 Å². The first-order chi connectivity index (χ1) is 12.4. The van der Waals surface area contributed by atoms with Gasteiger partial charge in [0.15, 0.2) is 9.84 Å². The Morgan fingerprint density at radius 2 is 1.85 bits per heavy atom. The van der Waals surface area contributed by atoms with Crippen molar-refractivity contribution in [1.82, 2.24) is 4.90 Å². The Bertz CT molecular complexity index is 894. The van der Waals surface area contributed by atoms with Gasteiger partial charge in [-0.25, -0.2) is 13.2 Å². The van der Waals surface area contributed by atoms with Crippen LogP contribution in [-0.2, 0) is 9.84 Å². The van der Waals surface area contributed by atoms with Crippen LogP contribution >= 0.6 is 11.6 Å². The predicted octanol–water partition coefficient (Wildman–Crippen LogP) is 3.43. The first-order valence-electron chi connectivity index (χ1n) is 8.19. The third-order valence-electron chi connectivity index (χ3n) is 4.14. The number of urea groups is 1. The molecule has 0 spiro atoms. The molecule has 1 N–H and O–H groups in total.